The van der Waals surface area contributed by atoms with Crippen LogP contribution in [0.5, 0.6) is 0 Å². The first-order chi connectivity index (χ1) is 6.31. The van der Waals surface area contributed by atoms with E-state index in [9.17, 15) is 9.59 Å². The lowest BCUT2D eigenvalue weighted by Crippen LogP contribution is -2.54. The van der Waals surface area contributed by atoms with Crippen LogP contribution in [-0.2, 0) is 14.3 Å². The summed E-state index contributed by atoms with van der Waals surface area (Å²) >= 11 is 0. The molecule has 0 bridgehead atoms. The van der Waals surface area contributed by atoms with E-state index in [4.69, 9.17) is 10.5 Å². The topological polar surface area (TPSA) is 81.4 Å². The van der Waals surface area contributed by atoms with Crippen LogP contribution in [0, 0.1) is 0 Å². The Bertz CT molecular complexity index is 229. The highest BCUT2D eigenvalue weighted by molar-refractivity contribution is 5.89. The SMILES string of the molecule is CCOC(=O)C(C)(C)NC(=O)[C@H](C)N.Cl. The Labute approximate surface area is 96.1 Å². The minimum atomic E-state index is -1.03. The van der Waals surface area contributed by atoms with Gasteiger partial charge in [0.1, 0.15) is 5.54 Å². The number of rotatable bonds is 4. The molecule has 0 aromatic rings. The molecule has 0 saturated carbocycles. The van der Waals surface area contributed by atoms with Crippen LogP contribution in [0.15, 0.2) is 0 Å². The van der Waals surface area contributed by atoms with Gasteiger partial charge in [-0.05, 0) is 27.7 Å². The fourth-order valence-corrected chi connectivity index (χ4v) is 0.784. The molecule has 0 spiro atoms. The minimum absolute atomic E-state index is 0. The van der Waals surface area contributed by atoms with Crippen molar-refractivity contribution in [2.24, 2.45) is 5.73 Å². The molecule has 1 amide bonds. The number of amides is 1. The maximum atomic E-state index is 11.3. The van der Waals surface area contributed by atoms with Crippen molar-refractivity contribution in [2.45, 2.75) is 39.3 Å². The number of carbonyl (C=O) groups is 2. The summed E-state index contributed by atoms with van der Waals surface area (Å²) in [6.45, 7) is 6.70. The van der Waals surface area contributed by atoms with E-state index >= 15 is 0 Å². The average Bonchev–Trinajstić information content (AvgIpc) is 2.03. The second kappa shape index (κ2) is 6.63. The molecule has 0 aliphatic heterocycles. The van der Waals surface area contributed by atoms with E-state index in [0.29, 0.717) is 0 Å². The maximum Gasteiger partial charge on any atom is 0.331 e. The van der Waals surface area contributed by atoms with Gasteiger partial charge >= 0.3 is 5.97 Å². The zero-order valence-electron chi connectivity index (χ0n) is 9.49. The number of nitrogens with two attached hydrogens (primary N) is 1. The zero-order valence-corrected chi connectivity index (χ0v) is 10.3. The standard InChI is InChI=1S/C9H18N2O3.ClH/c1-5-14-8(13)9(3,4)11-7(12)6(2)10;/h6H,5,10H2,1-4H3,(H,11,12);1H/t6-;/m0./s1. The summed E-state index contributed by atoms with van der Waals surface area (Å²) in [5.41, 5.74) is 4.33. The summed E-state index contributed by atoms with van der Waals surface area (Å²) in [6.07, 6.45) is 0. The Morgan fingerprint density at radius 2 is 1.93 bits per heavy atom. The van der Waals surface area contributed by atoms with Gasteiger partial charge in [0.15, 0.2) is 0 Å². The Balaban J connectivity index is 0. The molecule has 0 saturated heterocycles. The van der Waals surface area contributed by atoms with Gasteiger partial charge in [0.05, 0.1) is 12.6 Å². The lowest BCUT2D eigenvalue weighted by Gasteiger charge is -2.24. The van der Waals surface area contributed by atoms with Gasteiger partial charge in [-0.25, -0.2) is 4.79 Å². The van der Waals surface area contributed by atoms with E-state index in [1.54, 1.807) is 27.7 Å². The highest BCUT2D eigenvalue weighted by Gasteiger charge is 2.31. The van der Waals surface area contributed by atoms with Crippen molar-refractivity contribution in [3.05, 3.63) is 0 Å². The molecule has 0 unspecified atom stereocenters. The fourth-order valence-electron chi connectivity index (χ4n) is 0.784. The van der Waals surface area contributed by atoms with Crippen LogP contribution in [0.4, 0.5) is 0 Å². The molecule has 0 heterocycles. The molecule has 0 radical (unpaired) electrons. The van der Waals surface area contributed by atoms with Crippen molar-refractivity contribution in [3.8, 4) is 0 Å². The van der Waals surface area contributed by atoms with Crippen molar-refractivity contribution < 1.29 is 14.3 Å². The van der Waals surface area contributed by atoms with Gasteiger partial charge in [-0.1, -0.05) is 0 Å². The van der Waals surface area contributed by atoms with Crippen LogP contribution in [0.2, 0.25) is 0 Å². The van der Waals surface area contributed by atoms with Gasteiger partial charge in [0.2, 0.25) is 5.91 Å². The number of hydrogen-bond acceptors (Lipinski definition) is 4. The quantitative estimate of drug-likeness (QED) is 0.687. The molecule has 90 valence electrons. The third-order valence-electron chi connectivity index (χ3n) is 1.64. The van der Waals surface area contributed by atoms with Crippen LogP contribution in [0.3, 0.4) is 0 Å². The van der Waals surface area contributed by atoms with E-state index in [0.717, 1.165) is 0 Å². The number of halogens is 1. The van der Waals surface area contributed by atoms with Crippen molar-refractivity contribution in [2.75, 3.05) is 6.61 Å². The molecule has 0 aromatic heterocycles. The molecule has 6 heteroatoms. The monoisotopic (exact) mass is 238 g/mol. The number of carbonyl (C=O) groups excluding carboxylic acids is 2. The average molecular weight is 239 g/mol. The predicted octanol–water partition coefficient (Wildman–Crippen LogP) is 0.213. The number of esters is 1. The second-order valence-corrected chi connectivity index (χ2v) is 3.62. The molecule has 15 heavy (non-hydrogen) atoms. The molecule has 0 rings (SSSR count). The molecule has 0 aromatic carbocycles. The van der Waals surface area contributed by atoms with Gasteiger partial charge in [-0.15, -0.1) is 12.4 Å². The Morgan fingerprint density at radius 1 is 1.47 bits per heavy atom. The van der Waals surface area contributed by atoms with Crippen LogP contribution in [0.25, 0.3) is 0 Å². The van der Waals surface area contributed by atoms with Crippen LogP contribution >= 0.6 is 12.4 Å². The van der Waals surface area contributed by atoms with Crippen molar-refractivity contribution >= 4 is 24.3 Å². The Kier molecular flexibility index (Phi) is 7.35. The van der Waals surface area contributed by atoms with Crippen LogP contribution in [0.1, 0.15) is 27.7 Å². The smallest absolute Gasteiger partial charge is 0.331 e. The second-order valence-electron chi connectivity index (χ2n) is 3.62. The molecular formula is C9H19ClN2O3. The lowest BCUT2D eigenvalue weighted by atomic mass is 10.1. The van der Waals surface area contributed by atoms with E-state index in [1.807, 2.05) is 0 Å². The van der Waals surface area contributed by atoms with Gasteiger partial charge < -0.3 is 15.8 Å². The van der Waals surface area contributed by atoms with Crippen molar-refractivity contribution in [1.29, 1.82) is 0 Å². The maximum absolute atomic E-state index is 11.3. The summed E-state index contributed by atoms with van der Waals surface area (Å²) in [5.74, 6) is -0.836. The first kappa shape index (κ1) is 16.6. The largest absolute Gasteiger partial charge is 0.464 e. The highest BCUT2D eigenvalue weighted by atomic mass is 35.5. The van der Waals surface area contributed by atoms with Crippen molar-refractivity contribution in [3.63, 3.8) is 0 Å². The van der Waals surface area contributed by atoms with Crippen molar-refractivity contribution in [1.82, 2.24) is 5.32 Å². The fraction of sp³-hybridized carbons (Fsp3) is 0.778. The molecule has 0 fully saturated rings. The first-order valence-corrected chi connectivity index (χ1v) is 4.56. The summed E-state index contributed by atoms with van der Waals surface area (Å²) in [7, 11) is 0. The van der Waals surface area contributed by atoms with Gasteiger partial charge in [-0.3, -0.25) is 4.79 Å². The Morgan fingerprint density at radius 3 is 2.27 bits per heavy atom. The highest BCUT2D eigenvalue weighted by Crippen LogP contribution is 2.05. The number of ether oxygens (including phenoxy) is 1. The van der Waals surface area contributed by atoms with Gasteiger partial charge in [0.25, 0.3) is 0 Å². The first-order valence-electron chi connectivity index (χ1n) is 4.56. The normalized spacial score (nSPS) is 12.3. The lowest BCUT2D eigenvalue weighted by molar-refractivity contribution is -0.151. The summed E-state index contributed by atoms with van der Waals surface area (Å²) in [6, 6.07) is -0.635. The molecule has 0 aliphatic carbocycles. The van der Waals surface area contributed by atoms with E-state index in [2.05, 4.69) is 5.32 Å². The van der Waals surface area contributed by atoms with Gasteiger partial charge in [-0.2, -0.15) is 0 Å². The molecular weight excluding hydrogens is 220 g/mol. The van der Waals surface area contributed by atoms with Crippen LogP contribution in [-0.4, -0.2) is 30.1 Å². The van der Waals surface area contributed by atoms with Crippen LogP contribution < -0.4 is 11.1 Å². The molecule has 3 N–H and O–H groups in total. The summed E-state index contributed by atoms with van der Waals surface area (Å²) in [5, 5.41) is 2.50. The number of hydrogen-bond donors (Lipinski definition) is 2. The van der Waals surface area contributed by atoms with E-state index < -0.39 is 17.6 Å². The molecule has 1 atom stereocenters. The number of nitrogens with one attached hydrogen (secondary N) is 1. The Hall–Kier alpha value is -0.810. The zero-order chi connectivity index (χ0) is 11.4. The third kappa shape index (κ3) is 5.59. The van der Waals surface area contributed by atoms with E-state index in [1.165, 1.54) is 0 Å². The summed E-state index contributed by atoms with van der Waals surface area (Å²) in [4.78, 5) is 22.6. The van der Waals surface area contributed by atoms with Gasteiger partial charge in [0, 0.05) is 0 Å². The summed E-state index contributed by atoms with van der Waals surface area (Å²) < 4.78 is 4.79. The van der Waals surface area contributed by atoms with E-state index in [-0.39, 0.29) is 24.9 Å². The minimum Gasteiger partial charge on any atom is -0.464 e. The molecule has 5 nitrogen and oxygen atoms in total. The third-order valence-corrected chi connectivity index (χ3v) is 1.64. The molecule has 0 aliphatic rings. The predicted molar refractivity (Wildman–Crippen MR) is 59.8 cm³/mol.